The molecule has 0 saturated heterocycles. The van der Waals surface area contributed by atoms with Gasteiger partial charge in [-0.05, 0) is 32.4 Å². The van der Waals surface area contributed by atoms with Crippen molar-refractivity contribution in [1.29, 1.82) is 0 Å². The quantitative estimate of drug-likeness (QED) is 0.608. The molecule has 0 fully saturated rings. The molecule has 0 aliphatic rings. The predicted octanol–water partition coefficient (Wildman–Crippen LogP) is 3.55. The van der Waals surface area contributed by atoms with Gasteiger partial charge in [0.05, 0.1) is 10.3 Å². The van der Waals surface area contributed by atoms with Gasteiger partial charge in [-0.3, -0.25) is 4.68 Å². The van der Waals surface area contributed by atoms with E-state index < -0.39 is 0 Å². The first-order chi connectivity index (χ1) is 12.0. The number of hydrogen-bond donors (Lipinski definition) is 1. The predicted molar refractivity (Wildman–Crippen MR) is 97.6 cm³/mol. The van der Waals surface area contributed by atoms with Crippen molar-refractivity contribution in [2.24, 2.45) is 7.05 Å². The molecule has 7 nitrogen and oxygen atoms in total. The number of thiophene rings is 1. The lowest BCUT2D eigenvalue weighted by Crippen LogP contribution is -2.00. The zero-order valence-corrected chi connectivity index (χ0v) is 15.2. The summed E-state index contributed by atoms with van der Waals surface area (Å²) in [6.45, 7) is 6.14. The molecule has 0 aliphatic carbocycles. The SMILES string of the molecule is Cc1c(-c2ccn(C(C)C)n2)sc2nc(-c3nccn3C)nc(O)c12. The van der Waals surface area contributed by atoms with Crippen LogP contribution >= 0.6 is 11.3 Å². The molecular weight excluding hydrogens is 336 g/mol. The van der Waals surface area contributed by atoms with Crippen LogP contribution in [0.3, 0.4) is 0 Å². The van der Waals surface area contributed by atoms with Crippen molar-refractivity contribution in [2.75, 3.05) is 0 Å². The zero-order valence-electron chi connectivity index (χ0n) is 14.4. The molecule has 0 spiro atoms. The average molecular weight is 354 g/mol. The topological polar surface area (TPSA) is 81.7 Å². The van der Waals surface area contributed by atoms with Crippen LogP contribution in [0.1, 0.15) is 25.5 Å². The lowest BCUT2D eigenvalue weighted by Gasteiger charge is -2.03. The van der Waals surface area contributed by atoms with Gasteiger partial charge in [0.1, 0.15) is 10.5 Å². The van der Waals surface area contributed by atoms with Gasteiger partial charge >= 0.3 is 0 Å². The molecule has 4 rings (SSSR count). The summed E-state index contributed by atoms with van der Waals surface area (Å²) in [4.78, 5) is 14.9. The Labute approximate surface area is 148 Å². The summed E-state index contributed by atoms with van der Waals surface area (Å²) in [5, 5.41) is 15.8. The fourth-order valence-electron chi connectivity index (χ4n) is 2.79. The normalized spacial score (nSPS) is 11.7. The van der Waals surface area contributed by atoms with Gasteiger partial charge in [0.25, 0.3) is 0 Å². The molecule has 0 saturated carbocycles. The van der Waals surface area contributed by atoms with Gasteiger partial charge in [-0.2, -0.15) is 10.1 Å². The molecule has 4 aromatic rings. The molecule has 4 heterocycles. The summed E-state index contributed by atoms with van der Waals surface area (Å²) < 4.78 is 3.75. The van der Waals surface area contributed by atoms with Crippen LogP contribution in [-0.2, 0) is 7.05 Å². The number of fused-ring (bicyclic) bond motifs is 1. The van der Waals surface area contributed by atoms with E-state index in [-0.39, 0.29) is 5.88 Å². The smallest absolute Gasteiger partial charge is 0.223 e. The maximum atomic E-state index is 10.5. The molecule has 0 radical (unpaired) electrons. The van der Waals surface area contributed by atoms with Crippen LogP contribution in [0.4, 0.5) is 0 Å². The van der Waals surface area contributed by atoms with E-state index in [1.807, 2.05) is 41.7 Å². The van der Waals surface area contributed by atoms with Crippen molar-refractivity contribution in [3.63, 3.8) is 0 Å². The lowest BCUT2D eigenvalue weighted by molar-refractivity contribution is 0.460. The monoisotopic (exact) mass is 354 g/mol. The molecule has 1 N–H and O–H groups in total. The highest BCUT2D eigenvalue weighted by Gasteiger charge is 2.20. The molecule has 0 atom stereocenters. The van der Waals surface area contributed by atoms with E-state index in [0.29, 0.717) is 23.1 Å². The largest absolute Gasteiger partial charge is 0.493 e. The van der Waals surface area contributed by atoms with E-state index in [2.05, 4.69) is 33.9 Å². The molecule has 0 aliphatic heterocycles. The van der Waals surface area contributed by atoms with Gasteiger partial charge in [0.2, 0.25) is 11.7 Å². The van der Waals surface area contributed by atoms with Crippen molar-refractivity contribution in [3.8, 4) is 28.1 Å². The number of hydrogen-bond acceptors (Lipinski definition) is 6. The van der Waals surface area contributed by atoms with E-state index in [1.54, 1.807) is 6.20 Å². The maximum Gasteiger partial charge on any atom is 0.223 e. The average Bonchev–Trinajstić information content (AvgIpc) is 3.25. The third kappa shape index (κ3) is 2.49. The van der Waals surface area contributed by atoms with Crippen molar-refractivity contribution in [2.45, 2.75) is 26.8 Å². The second kappa shape index (κ2) is 5.66. The first-order valence-electron chi connectivity index (χ1n) is 7.99. The fraction of sp³-hybridized carbons (Fsp3) is 0.294. The number of aromatic hydroxyl groups is 1. The van der Waals surface area contributed by atoms with E-state index in [9.17, 15) is 5.11 Å². The first-order valence-corrected chi connectivity index (χ1v) is 8.80. The molecule has 4 aromatic heterocycles. The number of imidazole rings is 1. The molecule has 128 valence electrons. The van der Waals surface area contributed by atoms with Gasteiger partial charge < -0.3 is 9.67 Å². The van der Waals surface area contributed by atoms with Gasteiger partial charge in [0, 0.05) is 31.7 Å². The second-order valence-electron chi connectivity index (χ2n) is 6.24. The summed E-state index contributed by atoms with van der Waals surface area (Å²) in [6, 6.07) is 2.29. The highest BCUT2D eigenvalue weighted by molar-refractivity contribution is 7.22. The highest BCUT2D eigenvalue weighted by atomic mass is 32.1. The van der Waals surface area contributed by atoms with Crippen LogP contribution in [0, 0.1) is 6.92 Å². The Hall–Kier alpha value is -2.74. The molecule has 0 aromatic carbocycles. The Morgan fingerprint density at radius 1 is 1.20 bits per heavy atom. The Morgan fingerprint density at radius 3 is 2.64 bits per heavy atom. The van der Waals surface area contributed by atoms with Crippen molar-refractivity contribution >= 4 is 21.6 Å². The Kier molecular flexibility index (Phi) is 3.57. The van der Waals surface area contributed by atoms with Crippen molar-refractivity contribution < 1.29 is 5.11 Å². The summed E-state index contributed by atoms with van der Waals surface area (Å²) in [5.74, 6) is 1.01. The number of nitrogens with zero attached hydrogens (tertiary/aromatic N) is 6. The minimum Gasteiger partial charge on any atom is -0.493 e. The molecule has 0 amide bonds. The van der Waals surface area contributed by atoms with Gasteiger partial charge in [0.15, 0.2) is 5.82 Å². The van der Waals surface area contributed by atoms with Gasteiger partial charge in [-0.15, -0.1) is 11.3 Å². The third-order valence-corrected chi connectivity index (χ3v) is 5.37. The molecule has 0 bridgehead atoms. The molecule has 25 heavy (non-hydrogen) atoms. The summed E-state index contributed by atoms with van der Waals surface area (Å²) >= 11 is 1.51. The second-order valence-corrected chi connectivity index (χ2v) is 7.24. The Balaban J connectivity index is 1.89. The van der Waals surface area contributed by atoms with E-state index >= 15 is 0 Å². The summed E-state index contributed by atoms with van der Waals surface area (Å²) in [7, 11) is 1.87. The number of rotatable bonds is 3. The lowest BCUT2D eigenvalue weighted by atomic mass is 10.2. The fourth-order valence-corrected chi connectivity index (χ4v) is 3.93. The minimum absolute atomic E-state index is 0.0220. The van der Waals surface area contributed by atoms with Crippen molar-refractivity contribution in [1.82, 2.24) is 29.3 Å². The highest BCUT2D eigenvalue weighted by Crippen LogP contribution is 2.40. The standard InChI is InChI=1S/C17H18N6OS/c1-9(2)23-7-5-11(21-23)13-10(3)12-16(24)19-14(20-17(12)25-13)15-18-6-8-22(15)4/h5-9H,1-4H3,(H,19,20,24). The summed E-state index contributed by atoms with van der Waals surface area (Å²) in [5.41, 5.74) is 1.82. The zero-order chi connectivity index (χ0) is 17.7. The number of aryl methyl sites for hydroxylation is 2. The molecular formula is C17H18N6OS. The molecule has 8 heteroatoms. The van der Waals surface area contributed by atoms with Crippen LogP contribution in [0.25, 0.3) is 32.4 Å². The van der Waals surface area contributed by atoms with Crippen molar-refractivity contribution in [3.05, 3.63) is 30.2 Å². The van der Waals surface area contributed by atoms with Gasteiger partial charge in [-0.25, -0.2) is 9.97 Å². The first kappa shape index (κ1) is 15.8. The Morgan fingerprint density at radius 2 is 2.00 bits per heavy atom. The van der Waals surface area contributed by atoms with Crippen LogP contribution in [-0.4, -0.2) is 34.4 Å². The van der Waals surface area contributed by atoms with Crippen LogP contribution in [0.2, 0.25) is 0 Å². The third-order valence-electron chi connectivity index (χ3n) is 4.16. The van der Waals surface area contributed by atoms with Crippen LogP contribution in [0.5, 0.6) is 5.88 Å². The van der Waals surface area contributed by atoms with Crippen LogP contribution in [0.15, 0.2) is 24.7 Å². The number of aromatic nitrogens is 6. The maximum absolute atomic E-state index is 10.5. The van der Waals surface area contributed by atoms with E-state index in [4.69, 9.17) is 0 Å². The van der Waals surface area contributed by atoms with E-state index in [0.717, 1.165) is 21.0 Å². The summed E-state index contributed by atoms with van der Waals surface area (Å²) in [6.07, 6.45) is 5.47. The molecule has 0 unspecified atom stereocenters. The van der Waals surface area contributed by atoms with E-state index in [1.165, 1.54) is 11.3 Å². The van der Waals surface area contributed by atoms with Gasteiger partial charge in [-0.1, -0.05) is 0 Å². The minimum atomic E-state index is -0.0220. The Bertz CT molecular complexity index is 1070. The van der Waals surface area contributed by atoms with Crippen LogP contribution < -0.4 is 0 Å².